The number of hydrogen-bond donors (Lipinski definition) is 1. The number of nitrogens with two attached hydrogens (primary N) is 1. The highest BCUT2D eigenvalue weighted by atomic mass is 16.6. The highest BCUT2D eigenvalue weighted by molar-refractivity contribution is 5.95. The lowest BCUT2D eigenvalue weighted by Gasteiger charge is -1.90. The third kappa shape index (κ3) is 3.98. The Morgan fingerprint density at radius 3 is 2.44 bits per heavy atom. The molecule has 1 rings (SSSR count). The van der Waals surface area contributed by atoms with Crippen LogP contribution in [0.2, 0.25) is 0 Å². The summed E-state index contributed by atoms with van der Waals surface area (Å²) in [6, 6.07) is 0. The van der Waals surface area contributed by atoms with Gasteiger partial charge in [-0.3, -0.25) is 9.59 Å². The van der Waals surface area contributed by atoms with Gasteiger partial charge in [0.15, 0.2) is 18.0 Å². The van der Waals surface area contributed by atoms with Gasteiger partial charge in [0.2, 0.25) is 5.91 Å². The predicted molar refractivity (Wildman–Crippen MR) is 60.7 cm³/mol. The van der Waals surface area contributed by atoms with Gasteiger partial charge in [-0.25, -0.2) is 0 Å². The van der Waals surface area contributed by atoms with Gasteiger partial charge in [-0.15, -0.1) is 0 Å². The lowest BCUT2D eigenvalue weighted by molar-refractivity contribution is -0.121. The van der Waals surface area contributed by atoms with Crippen LogP contribution in [0.15, 0.2) is 24.3 Å². The molecule has 0 bridgehead atoms. The molecule has 1 heterocycles. The third-order valence-electron chi connectivity index (χ3n) is 2.31. The van der Waals surface area contributed by atoms with Gasteiger partial charge in [-0.1, -0.05) is 24.3 Å². The zero-order chi connectivity index (χ0) is 12.0. The van der Waals surface area contributed by atoms with Crippen LogP contribution < -0.4 is 5.73 Å². The summed E-state index contributed by atoms with van der Waals surface area (Å²) >= 11 is 0. The monoisotopic (exact) mass is 223 g/mol. The van der Waals surface area contributed by atoms with Crippen LogP contribution in [0.5, 0.6) is 0 Å². The number of epoxide rings is 1. The van der Waals surface area contributed by atoms with E-state index in [0.29, 0.717) is 6.42 Å². The van der Waals surface area contributed by atoms with Crippen LogP contribution in [0.3, 0.4) is 0 Å². The van der Waals surface area contributed by atoms with Gasteiger partial charge in [-0.05, 0) is 19.8 Å². The fourth-order valence-electron chi connectivity index (χ4n) is 1.37. The lowest BCUT2D eigenvalue weighted by Crippen LogP contribution is -2.22. The van der Waals surface area contributed by atoms with Crippen LogP contribution in [0.1, 0.15) is 26.2 Å². The van der Waals surface area contributed by atoms with E-state index >= 15 is 0 Å². The molecule has 2 N–H and O–H groups in total. The van der Waals surface area contributed by atoms with Crippen molar-refractivity contribution in [3.8, 4) is 0 Å². The molecule has 4 nitrogen and oxygen atoms in total. The Labute approximate surface area is 95.1 Å². The van der Waals surface area contributed by atoms with Crippen molar-refractivity contribution in [3.63, 3.8) is 0 Å². The SMILES string of the molecule is C/C=C/CC/C=C/CC(=O)[C@@H]1O[C@@H]1C(N)=O. The van der Waals surface area contributed by atoms with E-state index in [1.165, 1.54) is 0 Å². The topological polar surface area (TPSA) is 72.7 Å². The van der Waals surface area contributed by atoms with E-state index in [1.807, 2.05) is 25.2 Å². The second kappa shape index (κ2) is 6.23. The van der Waals surface area contributed by atoms with Gasteiger partial charge >= 0.3 is 0 Å². The number of carbonyl (C=O) groups excluding carboxylic acids is 2. The van der Waals surface area contributed by atoms with E-state index in [1.54, 1.807) is 0 Å². The predicted octanol–water partition coefficient (Wildman–Crippen LogP) is 1.11. The standard InChI is InChI=1S/C12H17NO3/c1-2-3-4-5-6-7-8-9(14)10-11(16-10)12(13)15/h2-3,6-7,10-11H,4-5,8H2,1H3,(H2,13,15)/b3-2+,7-6+/t10-,11-/m0/s1. The first-order valence-corrected chi connectivity index (χ1v) is 5.40. The van der Waals surface area contributed by atoms with E-state index < -0.39 is 18.1 Å². The number of allylic oxidation sites excluding steroid dienone is 4. The summed E-state index contributed by atoms with van der Waals surface area (Å²) in [5.74, 6) is -0.638. The number of carbonyl (C=O) groups is 2. The number of unbranched alkanes of at least 4 members (excludes halogenated alkanes) is 1. The van der Waals surface area contributed by atoms with Gasteiger partial charge in [0.25, 0.3) is 0 Å². The molecule has 1 fully saturated rings. The smallest absolute Gasteiger partial charge is 0.249 e. The van der Waals surface area contributed by atoms with Crippen molar-refractivity contribution >= 4 is 11.7 Å². The summed E-state index contributed by atoms with van der Waals surface area (Å²) in [5.41, 5.74) is 4.99. The average Bonchev–Trinajstić information content (AvgIpc) is 3.02. The number of hydrogen-bond acceptors (Lipinski definition) is 3. The quantitative estimate of drug-likeness (QED) is 0.399. The minimum atomic E-state index is -0.691. The second-order valence-corrected chi connectivity index (χ2v) is 3.67. The van der Waals surface area contributed by atoms with Crippen molar-refractivity contribution in [2.45, 2.75) is 38.4 Å². The molecule has 2 atom stereocenters. The minimum Gasteiger partial charge on any atom is -0.367 e. The van der Waals surface area contributed by atoms with E-state index in [9.17, 15) is 9.59 Å². The summed E-state index contributed by atoms with van der Waals surface area (Å²) in [6.45, 7) is 1.97. The van der Waals surface area contributed by atoms with Crippen molar-refractivity contribution < 1.29 is 14.3 Å². The van der Waals surface area contributed by atoms with Crippen LogP contribution in [-0.2, 0) is 14.3 Å². The molecule has 16 heavy (non-hydrogen) atoms. The van der Waals surface area contributed by atoms with E-state index in [4.69, 9.17) is 10.5 Å². The highest BCUT2D eigenvalue weighted by Crippen LogP contribution is 2.23. The molecule has 0 aliphatic carbocycles. The molecule has 1 aliphatic rings. The molecule has 1 saturated heterocycles. The third-order valence-corrected chi connectivity index (χ3v) is 2.31. The van der Waals surface area contributed by atoms with Crippen molar-refractivity contribution in [2.75, 3.05) is 0 Å². The van der Waals surface area contributed by atoms with Gasteiger partial charge in [-0.2, -0.15) is 0 Å². The zero-order valence-corrected chi connectivity index (χ0v) is 9.39. The van der Waals surface area contributed by atoms with Crippen LogP contribution in [0, 0.1) is 0 Å². The summed E-state index contributed by atoms with van der Waals surface area (Å²) in [4.78, 5) is 22.1. The molecular weight excluding hydrogens is 206 g/mol. The number of ketones is 1. The Hall–Kier alpha value is -1.42. The molecular formula is C12H17NO3. The van der Waals surface area contributed by atoms with Crippen LogP contribution in [-0.4, -0.2) is 23.9 Å². The van der Waals surface area contributed by atoms with Gasteiger partial charge in [0, 0.05) is 6.42 Å². The van der Waals surface area contributed by atoms with E-state index in [2.05, 4.69) is 6.08 Å². The molecule has 0 saturated carbocycles. The number of rotatable bonds is 7. The molecule has 0 aromatic rings. The molecule has 4 heteroatoms. The van der Waals surface area contributed by atoms with Crippen LogP contribution in [0.25, 0.3) is 0 Å². The number of Topliss-reactive ketones (excluding diaryl/α,β-unsaturated/α-hetero) is 1. The van der Waals surface area contributed by atoms with Crippen molar-refractivity contribution in [1.29, 1.82) is 0 Å². The first kappa shape index (κ1) is 12.6. The van der Waals surface area contributed by atoms with Crippen LogP contribution >= 0.6 is 0 Å². The maximum absolute atomic E-state index is 11.4. The Morgan fingerprint density at radius 1 is 1.19 bits per heavy atom. The van der Waals surface area contributed by atoms with Crippen LogP contribution in [0.4, 0.5) is 0 Å². The summed E-state index contributed by atoms with van der Waals surface area (Å²) in [5, 5.41) is 0. The maximum Gasteiger partial charge on any atom is 0.249 e. The molecule has 0 radical (unpaired) electrons. The Kier molecular flexibility index (Phi) is 4.92. The van der Waals surface area contributed by atoms with Crippen molar-refractivity contribution in [1.82, 2.24) is 0 Å². The maximum atomic E-state index is 11.4. The number of primary amides is 1. The zero-order valence-electron chi connectivity index (χ0n) is 9.39. The van der Waals surface area contributed by atoms with Gasteiger partial charge < -0.3 is 10.5 Å². The molecule has 0 spiro atoms. The first-order chi connectivity index (χ1) is 7.66. The van der Waals surface area contributed by atoms with E-state index in [0.717, 1.165) is 12.8 Å². The molecule has 1 aliphatic heterocycles. The largest absolute Gasteiger partial charge is 0.367 e. The first-order valence-electron chi connectivity index (χ1n) is 5.40. The Balaban J connectivity index is 2.14. The van der Waals surface area contributed by atoms with Gasteiger partial charge in [0.05, 0.1) is 0 Å². The van der Waals surface area contributed by atoms with E-state index in [-0.39, 0.29) is 5.78 Å². The summed E-state index contributed by atoms with van der Waals surface area (Å²) in [7, 11) is 0. The second-order valence-electron chi connectivity index (χ2n) is 3.67. The number of ether oxygens (including phenoxy) is 1. The van der Waals surface area contributed by atoms with Crippen molar-refractivity contribution in [3.05, 3.63) is 24.3 Å². The summed E-state index contributed by atoms with van der Waals surface area (Å²) < 4.78 is 4.87. The minimum absolute atomic E-state index is 0.0777. The molecule has 0 aromatic carbocycles. The molecule has 0 aromatic heterocycles. The lowest BCUT2D eigenvalue weighted by atomic mass is 10.1. The fourth-order valence-corrected chi connectivity index (χ4v) is 1.37. The van der Waals surface area contributed by atoms with Crippen molar-refractivity contribution in [2.24, 2.45) is 5.73 Å². The molecule has 88 valence electrons. The number of amides is 1. The average molecular weight is 223 g/mol. The highest BCUT2D eigenvalue weighted by Gasteiger charge is 2.48. The summed E-state index contributed by atoms with van der Waals surface area (Å²) in [6.07, 6.45) is 8.75. The van der Waals surface area contributed by atoms with Gasteiger partial charge in [0.1, 0.15) is 0 Å². The Morgan fingerprint density at radius 2 is 1.88 bits per heavy atom. The molecule has 1 amide bonds. The fraction of sp³-hybridized carbons (Fsp3) is 0.500. The molecule has 0 unspecified atom stereocenters. The normalized spacial score (nSPS) is 24.1. The Bertz CT molecular complexity index is 320.